The zero-order chi connectivity index (χ0) is 17.6. The van der Waals surface area contributed by atoms with Gasteiger partial charge in [-0.1, -0.05) is 13.3 Å². The maximum absolute atomic E-state index is 11.6. The monoisotopic (exact) mass is 344 g/mol. The Morgan fingerprint density at radius 1 is 1.44 bits per heavy atom. The van der Waals surface area contributed by atoms with E-state index in [0.29, 0.717) is 17.7 Å². The molecule has 2 saturated carbocycles. The maximum Gasteiger partial charge on any atom is 0.267 e. The fourth-order valence-corrected chi connectivity index (χ4v) is 5.20. The zero-order valence-corrected chi connectivity index (χ0v) is 15.1. The maximum atomic E-state index is 11.6. The number of amides is 1. The van der Waals surface area contributed by atoms with Crippen LogP contribution < -0.4 is 11.2 Å². The molecule has 0 spiro atoms. The van der Waals surface area contributed by atoms with Gasteiger partial charge in [-0.15, -0.1) is 0 Å². The summed E-state index contributed by atoms with van der Waals surface area (Å²) >= 11 is 0. The van der Waals surface area contributed by atoms with Crippen molar-refractivity contribution >= 4 is 5.91 Å². The first kappa shape index (κ1) is 16.9. The van der Waals surface area contributed by atoms with Crippen molar-refractivity contribution in [3.63, 3.8) is 0 Å². The Balaban J connectivity index is 1.67. The first-order valence-electron chi connectivity index (χ1n) is 9.39. The number of hydrogen-bond acceptors (Lipinski definition) is 5. The number of nitrogens with two attached hydrogens (primary N) is 1. The van der Waals surface area contributed by atoms with Crippen LogP contribution in [0.1, 0.15) is 55.1 Å². The molecular weight excluding hydrogens is 316 g/mol. The fourth-order valence-electron chi connectivity index (χ4n) is 5.20. The van der Waals surface area contributed by atoms with E-state index in [0.717, 1.165) is 30.9 Å². The van der Waals surface area contributed by atoms with E-state index in [4.69, 9.17) is 10.5 Å². The zero-order valence-electron chi connectivity index (χ0n) is 15.1. The second-order valence-electron chi connectivity index (χ2n) is 7.98. The summed E-state index contributed by atoms with van der Waals surface area (Å²) in [5.74, 6) is 0.739. The Morgan fingerprint density at radius 2 is 2.24 bits per heavy atom. The Hall–Kier alpha value is -1.50. The van der Waals surface area contributed by atoms with Crippen molar-refractivity contribution in [1.29, 1.82) is 0 Å². The van der Waals surface area contributed by atoms with Crippen LogP contribution >= 0.6 is 0 Å². The largest absolute Gasteiger partial charge is 0.371 e. The number of aromatic nitrogens is 1. The predicted molar refractivity (Wildman–Crippen MR) is 94.6 cm³/mol. The molecule has 3 aliphatic rings. The molecular formula is C19H28N4O2. The van der Waals surface area contributed by atoms with Crippen molar-refractivity contribution in [2.24, 2.45) is 17.6 Å². The van der Waals surface area contributed by atoms with Gasteiger partial charge in [-0.25, -0.2) is 10.4 Å². The molecule has 3 N–H and O–H groups in total. The third-order valence-corrected chi connectivity index (χ3v) is 6.50. The number of carbonyl (C=O) groups excluding carboxylic acids is 1. The molecule has 25 heavy (non-hydrogen) atoms. The molecule has 6 heteroatoms. The molecule has 4 rings (SSSR count). The number of methoxy groups -OCH3 is 1. The summed E-state index contributed by atoms with van der Waals surface area (Å²) in [4.78, 5) is 15.7. The van der Waals surface area contributed by atoms with E-state index in [2.05, 4.69) is 22.3 Å². The number of nitrogens with one attached hydrogen (secondary N) is 1. The van der Waals surface area contributed by atoms with Crippen molar-refractivity contribution in [2.45, 2.75) is 56.7 Å². The van der Waals surface area contributed by atoms with Crippen LogP contribution in [0.2, 0.25) is 0 Å². The van der Waals surface area contributed by atoms with Crippen molar-refractivity contribution < 1.29 is 9.53 Å². The highest BCUT2D eigenvalue weighted by Gasteiger charge is 2.54. The molecule has 3 unspecified atom stereocenters. The molecule has 3 atom stereocenters. The number of carbonyl (C=O) groups is 1. The number of rotatable bonds is 4. The Labute approximate surface area is 149 Å². The number of fused-ring (bicyclic) bond motifs is 2. The molecule has 6 nitrogen and oxygen atoms in total. The molecule has 0 aromatic carbocycles. The second-order valence-corrected chi connectivity index (χ2v) is 7.98. The Kier molecular flexibility index (Phi) is 4.30. The summed E-state index contributed by atoms with van der Waals surface area (Å²) in [6.07, 6.45) is 7.62. The smallest absolute Gasteiger partial charge is 0.267 e. The number of primary amides is 1. The lowest BCUT2D eigenvalue weighted by Crippen LogP contribution is -2.70. The number of ether oxygens (including phenoxy) is 1. The second kappa shape index (κ2) is 6.34. The molecule has 1 saturated heterocycles. The lowest BCUT2D eigenvalue weighted by Gasteiger charge is -2.58. The van der Waals surface area contributed by atoms with Gasteiger partial charge < -0.3 is 10.5 Å². The standard InChI is InChI=1S/C19H28N4O2/c1-12-8-15(9-12)23-11-14-4-3-5-17(22-23)19(14,25-2)13-6-7-21-16(10-13)18(20)24/h6-7,10,12,14-15,17,22H,3-5,8-9,11H2,1-2H3,(H2,20,24). The first-order chi connectivity index (χ1) is 12.0. The SMILES string of the molecule is COC1(c2ccnc(C(N)=O)c2)C2CCCC1NN(C1CC(C)C1)C2. The third-order valence-electron chi connectivity index (χ3n) is 6.50. The first-order valence-corrected chi connectivity index (χ1v) is 9.39. The van der Waals surface area contributed by atoms with E-state index in [1.807, 2.05) is 12.1 Å². The topological polar surface area (TPSA) is 80.5 Å². The van der Waals surface area contributed by atoms with Gasteiger partial charge in [-0.3, -0.25) is 9.78 Å². The van der Waals surface area contributed by atoms with Crippen LogP contribution in [-0.4, -0.2) is 41.6 Å². The highest BCUT2D eigenvalue weighted by molar-refractivity contribution is 5.90. The lowest BCUT2D eigenvalue weighted by atomic mass is 9.66. The van der Waals surface area contributed by atoms with E-state index < -0.39 is 11.5 Å². The van der Waals surface area contributed by atoms with Crippen LogP contribution in [0.5, 0.6) is 0 Å². The number of hydrogen-bond donors (Lipinski definition) is 2. The summed E-state index contributed by atoms with van der Waals surface area (Å²) in [6.45, 7) is 3.30. The molecule has 3 fully saturated rings. The minimum atomic E-state index is -0.493. The molecule has 2 bridgehead atoms. The minimum absolute atomic E-state index is 0.212. The normalized spacial score (nSPS) is 38.2. The molecule has 0 radical (unpaired) electrons. The van der Waals surface area contributed by atoms with Crippen LogP contribution in [0, 0.1) is 11.8 Å². The third kappa shape index (κ3) is 2.67. The quantitative estimate of drug-likeness (QED) is 0.871. The van der Waals surface area contributed by atoms with Crippen molar-refractivity contribution in [1.82, 2.24) is 15.4 Å². The molecule has 2 aliphatic carbocycles. The Bertz CT molecular complexity index is 645. The van der Waals surface area contributed by atoms with E-state index >= 15 is 0 Å². The summed E-state index contributed by atoms with van der Waals surface area (Å²) in [6, 6.07) is 4.65. The van der Waals surface area contributed by atoms with E-state index in [-0.39, 0.29) is 6.04 Å². The summed E-state index contributed by atoms with van der Waals surface area (Å²) in [5, 5.41) is 2.46. The van der Waals surface area contributed by atoms with Crippen LogP contribution in [0.25, 0.3) is 0 Å². The van der Waals surface area contributed by atoms with Gasteiger partial charge in [-0.05, 0) is 49.3 Å². The molecule has 2 heterocycles. The van der Waals surface area contributed by atoms with Crippen LogP contribution in [0.15, 0.2) is 18.3 Å². The number of hydrazine groups is 1. The van der Waals surface area contributed by atoms with E-state index in [1.54, 1.807) is 13.3 Å². The van der Waals surface area contributed by atoms with Crippen LogP contribution in [0.4, 0.5) is 0 Å². The lowest BCUT2D eigenvalue weighted by molar-refractivity contribution is -0.182. The molecule has 1 aliphatic heterocycles. The van der Waals surface area contributed by atoms with Crippen LogP contribution in [0.3, 0.4) is 0 Å². The molecule has 1 amide bonds. The molecule has 1 aromatic heterocycles. The summed E-state index contributed by atoms with van der Waals surface area (Å²) in [7, 11) is 1.79. The van der Waals surface area contributed by atoms with Gasteiger partial charge in [0.2, 0.25) is 0 Å². The van der Waals surface area contributed by atoms with Gasteiger partial charge in [0.25, 0.3) is 5.91 Å². The minimum Gasteiger partial charge on any atom is -0.371 e. The van der Waals surface area contributed by atoms with E-state index in [1.165, 1.54) is 19.3 Å². The average molecular weight is 344 g/mol. The fraction of sp³-hybridized carbons (Fsp3) is 0.684. The van der Waals surface area contributed by atoms with Gasteiger partial charge in [-0.2, -0.15) is 0 Å². The number of nitrogens with zero attached hydrogens (tertiary/aromatic N) is 2. The highest BCUT2D eigenvalue weighted by atomic mass is 16.5. The van der Waals surface area contributed by atoms with Gasteiger partial charge in [0, 0.05) is 31.8 Å². The highest BCUT2D eigenvalue weighted by Crippen LogP contribution is 2.48. The van der Waals surface area contributed by atoms with Crippen molar-refractivity contribution in [3.8, 4) is 0 Å². The summed E-state index contributed by atoms with van der Waals surface area (Å²) < 4.78 is 6.20. The van der Waals surface area contributed by atoms with Gasteiger partial charge in [0.1, 0.15) is 11.3 Å². The van der Waals surface area contributed by atoms with Crippen LogP contribution in [-0.2, 0) is 10.3 Å². The number of pyridine rings is 1. The van der Waals surface area contributed by atoms with Gasteiger partial charge in [0.15, 0.2) is 0 Å². The predicted octanol–water partition coefficient (Wildman–Crippen LogP) is 1.81. The van der Waals surface area contributed by atoms with Crippen molar-refractivity contribution in [2.75, 3.05) is 13.7 Å². The van der Waals surface area contributed by atoms with Gasteiger partial charge >= 0.3 is 0 Å². The molecule has 1 aromatic rings. The van der Waals surface area contributed by atoms with E-state index in [9.17, 15) is 4.79 Å². The average Bonchev–Trinajstić information content (AvgIpc) is 2.57. The van der Waals surface area contributed by atoms with Gasteiger partial charge in [0.05, 0.1) is 6.04 Å². The summed E-state index contributed by atoms with van der Waals surface area (Å²) in [5.41, 5.74) is 10.1. The Morgan fingerprint density at radius 3 is 2.88 bits per heavy atom. The molecule has 136 valence electrons. The van der Waals surface area contributed by atoms with Crippen molar-refractivity contribution in [3.05, 3.63) is 29.6 Å².